The largest absolute Gasteiger partial charge is 0.201 e. The van der Waals surface area contributed by atoms with E-state index in [9.17, 15) is 0 Å². The van der Waals surface area contributed by atoms with Gasteiger partial charge in [-0.25, -0.2) is 9.36 Å². The van der Waals surface area contributed by atoms with E-state index in [-0.39, 0.29) is 0 Å². The topological polar surface area (TPSA) is 87.2 Å². The molecule has 5 aromatic rings. The molecular formula is C20H14N8. The van der Waals surface area contributed by atoms with Gasteiger partial charge in [0.2, 0.25) is 0 Å². The van der Waals surface area contributed by atoms with E-state index in [2.05, 4.69) is 62.4 Å². The predicted molar refractivity (Wildman–Crippen MR) is 108 cm³/mol. The molecule has 0 amide bonds. The third kappa shape index (κ3) is 2.32. The Morgan fingerprint density at radius 3 is 2.18 bits per heavy atom. The zero-order valence-electron chi connectivity index (χ0n) is 14.8. The van der Waals surface area contributed by atoms with Crippen LogP contribution in [0.3, 0.4) is 0 Å². The maximum atomic E-state index is 4.25. The third-order valence-electron chi connectivity index (χ3n) is 4.68. The first-order chi connectivity index (χ1) is 13.8. The predicted octanol–water partition coefficient (Wildman–Crippen LogP) is 3.50. The summed E-state index contributed by atoms with van der Waals surface area (Å²) in [7, 11) is 0. The molecule has 2 heterocycles. The molecule has 0 radical (unpaired) electrons. The lowest BCUT2D eigenvalue weighted by molar-refractivity contribution is 0.820. The average Bonchev–Trinajstić information content (AvgIpc) is 3.40. The number of rotatable bonds is 4. The summed E-state index contributed by atoms with van der Waals surface area (Å²) in [6.07, 6.45) is 3.16. The first-order valence-corrected chi connectivity index (χ1v) is 8.57. The van der Waals surface area contributed by atoms with Crippen molar-refractivity contribution >= 4 is 33.9 Å². The van der Waals surface area contributed by atoms with E-state index in [1.54, 1.807) is 17.1 Å². The van der Waals surface area contributed by atoms with Gasteiger partial charge in [-0.2, -0.15) is 0 Å². The van der Waals surface area contributed by atoms with Crippen molar-refractivity contribution in [2.45, 2.75) is 0 Å². The molecule has 0 aliphatic carbocycles. The Labute approximate surface area is 159 Å². The summed E-state index contributed by atoms with van der Waals surface area (Å²) in [6, 6.07) is 16.4. The zero-order chi connectivity index (χ0) is 19.1. The quantitative estimate of drug-likeness (QED) is 0.452. The van der Waals surface area contributed by atoms with Gasteiger partial charge < -0.3 is 0 Å². The highest BCUT2D eigenvalue weighted by molar-refractivity contribution is 6.12. The molecule has 134 valence electrons. The molecule has 0 saturated heterocycles. The van der Waals surface area contributed by atoms with Gasteiger partial charge in [0, 0.05) is 23.5 Å². The monoisotopic (exact) mass is 366 g/mol. The minimum atomic E-state index is 0.610. The molecule has 0 N–H and O–H groups in total. The van der Waals surface area contributed by atoms with Gasteiger partial charge in [-0.05, 0) is 54.5 Å². The number of fused-ring (bicyclic) bond motifs is 2. The first-order valence-electron chi connectivity index (χ1n) is 8.57. The van der Waals surface area contributed by atoms with Crippen LogP contribution in [-0.2, 0) is 0 Å². The maximum absolute atomic E-state index is 4.25. The van der Waals surface area contributed by atoms with Crippen LogP contribution >= 0.6 is 0 Å². The van der Waals surface area contributed by atoms with Gasteiger partial charge in [0.25, 0.3) is 0 Å². The van der Waals surface area contributed by atoms with Crippen LogP contribution in [0.15, 0.2) is 61.7 Å². The van der Waals surface area contributed by atoms with Gasteiger partial charge in [-0.1, -0.05) is 49.6 Å². The lowest BCUT2D eigenvalue weighted by Crippen LogP contribution is -1.96. The van der Waals surface area contributed by atoms with Crippen LogP contribution in [0.5, 0.6) is 0 Å². The van der Waals surface area contributed by atoms with Crippen molar-refractivity contribution < 1.29 is 0 Å². The van der Waals surface area contributed by atoms with Crippen LogP contribution in [0.2, 0.25) is 0 Å². The third-order valence-corrected chi connectivity index (χ3v) is 4.68. The fourth-order valence-corrected chi connectivity index (χ4v) is 3.43. The minimum Gasteiger partial charge on any atom is -0.201 e. The van der Waals surface area contributed by atoms with Gasteiger partial charge in [0.1, 0.15) is 0 Å². The van der Waals surface area contributed by atoms with Crippen molar-refractivity contribution in [3.8, 4) is 22.8 Å². The summed E-state index contributed by atoms with van der Waals surface area (Å²) in [5, 5.41) is 28.1. The molecule has 0 unspecified atom stereocenters. The highest BCUT2D eigenvalue weighted by Gasteiger charge is 2.17. The molecule has 0 fully saturated rings. The van der Waals surface area contributed by atoms with E-state index < -0.39 is 0 Å². The van der Waals surface area contributed by atoms with Crippen molar-refractivity contribution in [1.29, 1.82) is 0 Å². The second-order valence-corrected chi connectivity index (χ2v) is 6.17. The lowest BCUT2D eigenvalue weighted by Gasteiger charge is -2.11. The Hall–Kier alpha value is -4.20. The van der Waals surface area contributed by atoms with Gasteiger partial charge >= 0.3 is 0 Å². The van der Waals surface area contributed by atoms with Crippen LogP contribution in [0.25, 0.3) is 56.7 Å². The minimum absolute atomic E-state index is 0.610. The molecule has 28 heavy (non-hydrogen) atoms. The Kier molecular flexibility index (Phi) is 3.55. The van der Waals surface area contributed by atoms with Crippen molar-refractivity contribution in [3.63, 3.8) is 0 Å². The van der Waals surface area contributed by atoms with E-state index in [1.165, 1.54) is 4.68 Å². The number of aromatic nitrogens is 8. The SMILES string of the molecule is C=Cn1nnnc1-c1ccc2cc3ccccc3c(-c3nnnn3C=C)c2c1. The molecule has 5 rings (SSSR count). The smallest absolute Gasteiger partial charge is 0.187 e. The molecular weight excluding hydrogens is 352 g/mol. The Bertz CT molecular complexity index is 1360. The molecule has 0 bridgehead atoms. The van der Waals surface area contributed by atoms with E-state index in [1.807, 2.05) is 30.3 Å². The molecule has 8 heteroatoms. The number of nitrogens with zero attached hydrogens (tertiary/aromatic N) is 8. The average molecular weight is 366 g/mol. The highest BCUT2D eigenvalue weighted by Crippen LogP contribution is 2.37. The standard InChI is InChI=1S/C20H14N8/c1-3-27-19(21-23-25-27)15-10-9-14-11-13-7-5-6-8-16(13)18(17(14)12-15)20-22-24-26-28(20)4-2/h3-12H,1-2H2. The number of hydrogen-bond donors (Lipinski definition) is 0. The summed E-state index contributed by atoms with van der Waals surface area (Å²) in [5.41, 5.74) is 1.80. The number of hydrogen-bond acceptors (Lipinski definition) is 6. The fourth-order valence-electron chi connectivity index (χ4n) is 3.43. The number of benzene rings is 3. The fraction of sp³-hybridized carbons (Fsp3) is 0. The Balaban J connectivity index is 1.91. The summed E-state index contributed by atoms with van der Waals surface area (Å²) in [6.45, 7) is 7.56. The molecule has 8 nitrogen and oxygen atoms in total. The normalized spacial score (nSPS) is 11.1. The summed E-state index contributed by atoms with van der Waals surface area (Å²) < 4.78 is 3.11. The van der Waals surface area contributed by atoms with Crippen LogP contribution < -0.4 is 0 Å². The molecule has 0 saturated carbocycles. The van der Waals surface area contributed by atoms with E-state index in [4.69, 9.17) is 0 Å². The van der Waals surface area contributed by atoms with Gasteiger partial charge in [0.15, 0.2) is 11.6 Å². The van der Waals surface area contributed by atoms with Gasteiger partial charge in [-0.15, -0.1) is 10.2 Å². The Morgan fingerprint density at radius 2 is 1.39 bits per heavy atom. The second kappa shape index (κ2) is 6.20. The zero-order valence-corrected chi connectivity index (χ0v) is 14.8. The van der Waals surface area contributed by atoms with Crippen molar-refractivity contribution in [3.05, 3.63) is 61.7 Å². The van der Waals surface area contributed by atoms with Crippen molar-refractivity contribution in [2.75, 3.05) is 0 Å². The molecule has 0 spiro atoms. The van der Waals surface area contributed by atoms with Crippen molar-refractivity contribution in [2.24, 2.45) is 0 Å². The molecule has 0 aliphatic heterocycles. The van der Waals surface area contributed by atoms with Crippen LogP contribution in [-0.4, -0.2) is 40.4 Å². The van der Waals surface area contributed by atoms with Crippen LogP contribution in [0.4, 0.5) is 0 Å². The molecule has 0 aliphatic rings. The first kappa shape index (κ1) is 16.0. The maximum Gasteiger partial charge on any atom is 0.187 e. The van der Waals surface area contributed by atoms with Gasteiger partial charge in [0.05, 0.1) is 0 Å². The summed E-state index contributed by atoms with van der Waals surface area (Å²) in [4.78, 5) is 0. The molecule has 0 atom stereocenters. The summed E-state index contributed by atoms with van der Waals surface area (Å²) in [5.74, 6) is 1.23. The molecule has 2 aromatic heterocycles. The van der Waals surface area contributed by atoms with E-state index in [0.717, 1.165) is 32.7 Å². The van der Waals surface area contributed by atoms with Gasteiger partial charge in [-0.3, -0.25) is 0 Å². The summed E-state index contributed by atoms with van der Waals surface area (Å²) >= 11 is 0. The molecule has 3 aromatic carbocycles. The van der Waals surface area contributed by atoms with E-state index in [0.29, 0.717) is 11.6 Å². The highest BCUT2D eigenvalue weighted by atomic mass is 15.5. The van der Waals surface area contributed by atoms with Crippen LogP contribution in [0.1, 0.15) is 0 Å². The lowest BCUT2D eigenvalue weighted by atomic mass is 9.94. The Morgan fingerprint density at radius 1 is 0.714 bits per heavy atom. The van der Waals surface area contributed by atoms with Crippen molar-refractivity contribution in [1.82, 2.24) is 40.4 Å². The van der Waals surface area contributed by atoms with E-state index >= 15 is 0 Å². The second-order valence-electron chi connectivity index (χ2n) is 6.17. The number of tetrazole rings is 2. The van der Waals surface area contributed by atoms with Crippen LogP contribution in [0, 0.1) is 0 Å².